The molecule has 3 atom stereocenters. The maximum atomic E-state index is 15.1. The zero-order valence-corrected chi connectivity index (χ0v) is 17.7. The number of anilines is 1. The summed E-state index contributed by atoms with van der Waals surface area (Å²) in [6, 6.07) is 2.29. The molecular weight excluding hydrogens is 472 g/mol. The number of amidine groups is 1. The minimum atomic E-state index is -3.66. The number of alkyl halides is 5. The Kier molecular flexibility index (Phi) is 6.89. The number of nitrogens with zero attached hydrogens (tertiary/aromatic N) is 3. The van der Waals surface area contributed by atoms with Gasteiger partial charge in [0.1, 0.15) is 17.1 Å². The molecule has 1 aromatic heterocycles. The van der Waals surface area contributed by atoms with Gasteiger partial charge in [0.15, 0.2) is 18.9 Å². The Bertz CT molecular complexity index is 1080. The third kappa shape index (κ3) is 5.31. The fraction of sp³-hybridized carbons (Fsp3) is 0.400. The Balaban J connectivity index is 1.85. The molecule has 2 aromatic rings. The van der Waals surface area contributed by atoms with Crippen molar-refractivity contribution in [2.24, 2.45) is 10.7 Å². The lowest BCUT2D eigenvalue weighted by atomic mass is 9.82. The number of nitrogens with one attached hydrogen (secondary N) is 1. The standard InChI is InChI=1S/C20H19F6N5O3/c1-19(15(24)16(20(2,25)26)34-18(27)31-19)10-5-9(3-4-11(10)21)30-17(32)12-6-29-14(7-28-12)33-8-13(22)23/h3-7,13,15-16H,8H2,1-2H3,(H2,27,31)(H,30,32)/t15-,16-,19+/m0/s1. The van der Waals surface area contributed by atoms with Crippen molar-refractivity contribution < 1.29 is 40.6 Å². The number of amides is 1. The number of aliphatic imine (C=N–C) groups is 1. The largest absolute Gasteiger partial charge is 0.470 e. The van der Waals surface area contributed by atoms with Crippen LogP contribution in [0.3, 0.4) is 0 Å². The molecule has 8 nitrogen and oxygen atoms in total. The number of carbonyl (C=O) groups excluding carboxylic acids is 1. The molecule has 0 spiro atoms. The summed E-state index contributed by atoms with van der Waals surface area (Å²) in [7, 11) is 0. The molecule has 0 radical (unpaired) electrons. The molecule has 0 saturated carbocycles. The molecule has 0 saturated heterocycles. The van der Waals surface area contributed by atoms with Gasteiger partial charge in [-0.3, -0.25) is 4.79 Å². The lowest BCUT2D eigenvalue weighted by Crippen LogP contribution is -2.55. The first kappa shape index (κ1) is 25.1. The summed E-state index contributed by atoms with van der Waals surface area (Å²) < 4.78 is 91.2. The van der Waals surface area contributed by atoms with Crippen LogP contribution < -0.4 is 15.8 Å². The van der Waals surface area contributed by atoms with Gasteiger partial charge in [-0.05, 0) is 25.1 Å². The second-order valence-corrected chi connectivity index (χ2v) is 7.58. The monoisotopic (exact) mass is 491 g/mol. The summed E-state index contributed by atoms with van der Waals surface area (Å²) >= 11 is 0. The zero-order chi connectivity index (χ0) is 25.3. The average molecular weight is 491 g/mol. The van der Waals surface area contributed by atoms with E-state index in [0.717, 1.165) is 37.5 Å². The Morgan fingerprint density at radius 1 is 1.32 bits per heavy atom. The zero-order valence-electron chi connectivity index (χ0n) is 17.7. The van der Waals surface area contributed by atoms with Crippen molar-refractivity contribution in [3.8, 4) is 5.88 Å². The summed E-state index contributed by atoms with van der Waals surface area (Å²) in [4.78, 5) is 23.6. The van der Waals surface area contributed by atoms with Crippen LogP contribution in [0.5, 0.6) is 5.88 Å². The Morgan fingerprint density at radius 3 is 2.62 bits per heavy atom. The van der Waals surface area contributed by atoms with E-state index in [1.165, 1.54) is 0 Å². The molecule has 0 bridgehead atoms. The third-order valence-corrected chi connectivity index (χ3v) is 4.88. The van der Waals surface area contributed by atoms with Gasteiger partial charge in [-0.25, -0.2) is 41.3 Å². The summed E-state index contributed by atoms with van der Waals surface area (Å²) in [6.07, 6.45) is -5.64. The molecule has 0 fully saturated rings. The lowest BCUT2D eigenvalue weighted by Gasteiger charge is -2.40. The fourth-order valence-electron chi connectivity index (χ4n) is 3.21. The van der Waals surface area contributed by atoms with E-state index in [-0.39, 0.29) is 17.3 Å². The Morgan fingerprint density at radius 2 is 2.03 bits per heavy atom. The van der Waals surface area contributed by atoms with E-state index in [9.17, 15) is 26.7 Å². The summed E-state index contributed by atoms with van der Waals surface area (Å²) in [5, 5.41) is 2.37. The second-order valence-electron chi connectivity index (χ2n) is 7.58. The molecule has 3 rings (SSSR count). The van der Waals surface area contributed by atoms with E-state index in [4.69, 9.17) is 5.73 Å². The van der Waals surface area contributed by atoms with Gasteiger partial charge in [-0.2, -0.15) is 0 Å². The smallest absolute Gasteiger partial charge is 0.284 e. The Labute approximate surface area is 189 Å². The van der Waals surface area contributed by atoms with Crippen LogP contribution in [-0.2, 0) is 10.3 Å². The fourth-order valence-corrected chi connectivity index (χ4v) is 3.21. The SMILES string of the molecule is CC(F)(F)[C@H]1OC(N)=N[C@](C)(c2cc(NC(=O)c3cnc(OCC(F)F)cn3)ccc2F)[C@H]1F. The van der Waals surface area contributed by atoms with E-state index in [1.807, 2.05) is 0 Å². The molecule has 34 heavy (non-hydrogen) atoms. The number of carbonyl (C=O) groups is 1. The number of hydrogen-bond donors (Lipinski definition) is 2. The highest BCUT2D eigenvalue weighted by Crippen LogP contribution is 2.42. The maximum Gasteiger partial charge on any atom is 0.284 e. The average Bonchev–Trinajstić information content (AvgIpc) is 2.75. The number of aromatic nitrogens is 2. The van der Waals surface area contributed by atoms with Gasteiger partial charge < -0.3 is 20.5 Å². The van der Waals surface area contributed by atoms with E-state index in [0.29, 0.717) is 6.92 Å². The molecule has 14 heteroatoms. The minimum absolute atomic E-state index is 0.0466. The highest BCUT2D eigenvalue weighted by Gasteiger charge is 2.55. The van der Waals surface area contributed by atoms with Crippen molar-refractivity contribution in [3.63, 3.8) is 0 Å². The van der Waals surface area contributed by atoms with Crippen LogP contribution in [0, 0.1) is 5.82 Å². The topological polar surface area (TPSA) is 112 Å². The van der Waals surface area contributed by atoms with Crippen molar-refractivity contribution in [1.82, 2.24) is 9.97 Å². The number of benzene rings is 1. The summed E-state index contributed by atoms with van der Waals surface area (Å²) in [6.45, 7) is 0.594. The molecule has 3 N–H and O–H groups in total. The minimum Gasteiger partial charge on any atom is -0.470 e. The van der Waals surface area contributed by atoms with E-state index < -0.39 is 60.1 Å². The first-order chi connectivity index (χ1) is 15.8. The summed E-state index contributed by atoms with van der Waals surface area (Å²) in [5.74, 6) is -5.71. The van der Waals surface area contributed by atoms with Crippen molar-refractivity contribution in [2.75, 3.05) is 11.9 Å². The summed E-state index contributed by atoms with van der Waals surface area (Å²) in [5.41, 5.74) is 2.52. The molecular formula is C20H19F6N5O3. The highest BCUT2D eigenvalue weighted by molar-refractivity contribution is 6.02. The van der Waals surface area contributed by atoms with Crippen LogP contribution in [0.25, 0.3) is 0 Å². The number of nitrogens with two attached hydrogens (primary N) is 1. The van der Waals surface area contributed by atoms with Crippen LogP contribution >= 0.6 is 0 Å². The molecule has 2 heterocycles. The predicted molar refractivity (Wildman–Crippen MR) is 107 cm³/mol. The number of rotatable bonds is 7. The van der Waals surface area contributed by atoms with E-state index in [1.54, 1.807) is 0 Å². The molecule has 184 valence electrons. The van der Waals surface area contributed by atoms with Crippen LogP contribution in [-0.4, -0.2) is 53.1 Å². The maximum absolute atomic E-state index is 15.1. The predicted octanol–water partition coefficient (Wildman–Crippen LogP) is 3.43. The Hall–Kier alpha value is -3.58. The van der Waals surface area contributed by atoms with Crippen LogP contribution in [0.2, 0.25) is 0 Å². The van der Waals surface area contributed by atoms with Crippen LogP contribution in [0.1, 0.15) is 29.9 Å². The van der Waals surface area contributed by atoms with Gasteiger partial charge in [0.05, 0.1) is 12.4 Å². The van der Waals surface area contributed by atoms with Crippen molar-refractivity contribution in [3.05, 3.63) is 47.7 Å². The first-order valence-corrected chi connectivity index (χ1v) is 9.69. The highest BCUT2D eigenvalue weighted by atomic mass is 19.3. The quantitative estimate of drug-likeness (QED) is 0.574. The first-order valence-electron chi connectivity index (χ1n) is 9.69. The van der Waals surface area contributed by atoms with Gasteiger partial charge in [0.25, 0.3) is 24.3 Å². The number of ether oxygens (including phenoxy) is 2. The van der Waals surface area contributed by atoms with E-state index in [2.05, 4.69) is 29.8 Å². The van der Waals surface area contributed by atoms with Gasteiger partial charge >= 0.3 is 0 Å². The molecule has 0 unspecified atom stereocenters. The van der Waals surface area contributed by atoms with Gasteiger partial charge in [0.2, 0.25) is 5.88 Å². The van der Waals surface area contributed by atoms with Gasteiger partial charge in [0, 0.05) is 18.2 Å². The van der Waals surface area contributed by atoms with Gasteiger partial charge in [-0.1, -0.05) is 0 Å². The van der Waals surface area contributed by atoms with Gasteiger partial charge in [-0.15, -0.1) is 0 Å². The molecule has 1 aliphatic heterocycles. The lowest BCUT2D eigenvalue weighted by molar-refractivity contribution is -0.138. The molecule has 0 aliphatic carbocycles. The number of halogens is 6. The van der Waals surface area contributed by atoms with Crippen LogP contribution in [0.4, 0.5) is 32.0 Å². The molecule has 1 amide bonds. The normalized spacial score (nSPS) is 22.7. The molecule has 1 aliphatic rings. The van der Waals surface area contributed by atoms with Crippen molar-refractivity contribution in [2.45, 2.75) is 44.0 Å². The van der Waals surface area contributed by atoms with Crippen molar-refractivity contribution >= 4 is 17.6 Å². The van der Waals surface area contributed by atoms with Crippen LogP contribution in [0.15, 0.2) is 35.6 Å². The van der Waals surface area contributed by atoms with Crippen molar-refractivity contribution in [1.29, 1.82) is 0 Å². The third-order valence-electron chi connectivity index (χ3n) is 4.88. The molecule has 1 aromatic carbocycles. The number of hydrogen-bond acceptors (Lipinski definition) is 7. The van der Waals surface area contributed by atoms with E-state index >= 15 is 4.39 Å². The second kappa shape index (κ2) is 9.35.